The lowest BCUT2D eigenvalue weighted by Crippen LogP contribution is -2.38. The summed E-state index contributed by atoms with van der Waals surface area (Å²) in [5, 5.41) is 2.73. The van der Waals surface area contributed by atoms with E-state index in [1.807, 2.05) is 13.8 Å². The number of nitrogens with one attached hydrogen (secondary N) is 1. The standard InChI is InChI=1S/C15H23N3O3/c1-4-8-17-14(19)10-18(3)15(20)11-6-7-13(21-5-2)12(16)9-11/h6-7,9H,4-5,8,10,16H2,1-3H3,(H,17,19). The first-order chi connectivity index (χ1) is 9.99. The molecule has 0 bridgehead atoms. The van der Waals surface area contributed by atoms with Gasteiger partial charge in [-0.1, -0.05) is 6.92 Å². The van der Waals surface area contributed by atoms with Crippen molar-refractivity contribution in [1.82, 2.24) is 10.2 Å². The molecule has 1 aromatic rings. The topological polar surface area (TPSA) is 84.7 Å². The van der Waals surface area contributed by atoms with Crippen molar-refractivity contribution in [3.63, 3.8) is 0 Å². The van der Waals surface area contributed by atoms with Gasteiger partial charge in [-0.2, -0.15) is 0 Å². The number of carbonyl (C=O) groups excluding carboxylic acids is 2. The smallest absolute Gasteiger partial charge is 0.254 e. The second kappa shape index (κ2) is 8.14. The lowest BCUT2D eigenvalue weighted by atomic mass is 10.1. The van der Waals surface area contributed by atoms with E-state index in [-0.39, 0.29) is 18.4 Å². The van der Waals surface area contributed by atoms with E-state index in [4.69, 9.17) is 10.5 Å². The van der Waals surface area contributed by atoms with Crippen LogP contribution in [0.5, 0.6) is 5.75 Å². The van der Waals surface area contributed by atoms with Gasteiger partial charge < -0.3 is 20.7 Å². The van der Waals surface area contributed by atoms with Crippen LogP contribution in [-0.4, -0.2) is 43.5 Å². The largest absolute Gasteiger partial charge is 0.492 e. The SMILES string of the molecule is CCCNC(=O)CN(C)C(=O)c1ccc(OCC)c(N)c1. The Kier molecular flexibility index (Phi) is 6.52. The van der Waals surface area contributed by atoms with Gasteiger partial charge in [-0.05, 0) is 31.5 Å². The highest BCUT2D eigenvalue weighted by Crippen LogP contribution is 2.23. The highest BCUT2D eigenvalue weighted by atomic mass is 16.5. The molecule has 6 nitrogen and oxygen atoms in total. The quantitative estimate of drug-likeness (QED) is 0.741. The number of likely N-dealkylation sites (N-methyl/N-ethyl adjacent to an activating group) is 1. The van der Waals surface area contributed by atoms with Crippen molar-refractivity contribution in [3.05, 3.63) is 23.8 Å². The molecule has 0 radical (unpaired) electrons. The Labute approximate surface area is 125 Å². The van der Waals surface area contributed by atoms with Crippen LogP contribution in [0.2, 0.25) is 0 Å². The fourth-order valence-electron chi connectivity index (χ4n) is 1.80. The van der Waals surface area contributed by atoms with Crippen LogP contribution in [0.25, 0.3) is 0 Å². The first-order valence-corrected chi connectivity index (χ1v) is 7.04. The molecule has 1 aromatic carbocycles. The minimum atomic E-state index is -0.253. The summed E-state index contributed by atoms with van der Waals surface area (Å²) in [6, 6.07) is 4.87. The molecule has 2 amide bonds. The summed E-state index contributed by atoms with van der Waals surface area (Å²) in [7, 11) is 1.58. The number of carbonyl (C=O) groups is 2. The van der Waals surface area contributed by atoms with Crippen LogP contribution in [0.1, 0.15) is 30.6 Å². The van der Waals surface area contributed by atoms with Crippen LogP contribution in [0, 0.1) is 0 Å². The van der Waals surface area contributed by atoms with Crippen molar-refractivity contribution in [3.8, 4) is 5.75 Å². The first kappa shape index (κ1) is 16.8. The number of anilines is 1. The second-order valence-corrected chi connectivity index (χ2v) is 4.70. The van der Waals surface area contributed by atoms with E-state index in [0.29, 0.717) is 30.2 Å². The van der Waals surface area contributed by atoms with Crippen LogP contribution in [0.4, 0.5) is 5.69 Å². The van der Waals surface area contributed by atoms with Crippen molar-refractivity contribution in [1.29, 1.82) is 0 Å². The van der Waals surface area contributed by atoms with Crippen LogP contribution in [0.15, 0.2) is 18.2 Å². The molecule has 6 heteroatoms. The molecule has 0 aromatic heterocycles. The predicted molar refractivity (Wildman–Crippen MR) is 82.3 cm³/mol. The predicted octanol–water partition coefficient (Wildman–Crippen LogP) is 1.27. The molecule has 3 N–H and O–H groups in total. The van der Waals surface area contributed by atoms with Crippen LogP contribution in [0.3, 0.4) is 0 Å². The summed E-state index contributed by atoms with van der Waals surface area (Å²) >= 11 is 0. The van der Waals surface area contributed by atoms with Crippen molar-refractivity contribution < 1.29 is 14.3 Å². The molecular weight excluding hydrogens is 270 g/mol. The van der Waals surface area contributed by atoms with E-state index >= 15 is 0 Å². The molecule has 0 saturated carbocycles. The highest BCUT2D eigenvalue weighted by molar-refractivity contribution is 5.97. The monoisotopic (exact) mass is 293 g/mol. The zero-order valence-corrected chi connectivity index (χ0v) is 12.8. The molecule has 0 heterocycles. The Bertz CT molecular complexity index is 503. The normalized spacial score (nSPS) is 10.0. The Balaban J connectivity index is 2.69. The molecule has 0 unspecified atom stereocenters. The van der Waals surface area contributed by atoms with E-state index in [9.17, 15) is 9.59 Å². The number of hydrogen-bond acceptors (Lipinski definition) is 4. The van der Waals surface area contributed by atoms with E-state index in [1.165, 1.54) is 4.90 Å². The molecule has 0 aliphatic heterocycles. The third-order valence-electron chi connectivity index (χ3n) is 2.86. The number of ether oxygens (including phenoxy) is 1. The molecule has 0 atom stereocenters. The van der Waals surface area contributed by atoms with Crippen LogP contribution >= 0.6 is 0 Å². The van der Waals surface area contributed by atoms with Crippen molar-refractivity contribution in [2.24, 2.45) is 0 Å². The Morgan fingerprint density at radius 2 is 2.05 bits per heavy atom. The average molecular weight is 293 g/mol. The Morgan fingerprint density at radius 3 is 2.62 bits per heavy atom. The molecule has 0 aliphatic rings. The van der Waals surface area contributed by atoms with Gasteiger partial charge in [0.05, 0.1) is 18.8 Å². The molecule has 1 rings (SSSR count). The third-order valence-corrected chi connectivity index (χ3v) is 2.86. The summed E-state index contributed by atoms with van der Waals surface area (Å²) in [6.07, 6.45) is 0.860. The molecule has 21 heavy (non-hydrogen) atoms. The van der Waals surface area contributed by atoms with Gasteiger partial charge in [0.15, 0.2) is 0 Å². The Hall–Kier alpha value is -2.24. The average Bonchev–Trinajstić information content (AvgIpc) is 2.46. The van der Waals surface area contributed by atoms with Gasteiger partial charge in [0.1, 0.15) is 5.75 Å². The summed E-state index contributed by atoms with van der Waals surface area (Å²) < 4.78 is 5.33. The van der Waals surface area contributed by atoms with E-state index < -0.39 is 0 Å². The number of nitrogens with zero attached hydrogens (tertiary/aromatic N) is 1. The van der Waals surface area contributed by atoms with Crippen molar-refractivity contribution in [2.45, 2.75) is 20.3 Å². The van der Waals surface area contributed by atoms with Gasteiger partial charge in [-0.3, -0.25) is 9.59 Å². The van der Waals surface area contributed by atoms with E-state index in [0.717, 1.165) is 6.42 Å². The fraction of sp³-hybridized carbons (Fsp3) is 0.467. The zero-order chi connectivity index (χ0) is 15.8. The minimum Gasteiger partial charge on any atom is -0.492 e. The van der Waals surface area contributed by atoms with Gasteiger partial charge in [0, 0.05) is 19.2 Å². The van der Waals surface area contributed by atoms with Gasteiger partial charge in [0.25, 0.3) is 5.91 Å². The van der Waals surface area contributed by atoms with Gasteiger partial charge in [-0.15, -0.1) is 0 Å². The molecule has 0 spiro atoms. The number of benzene rings is 1. The number of nitrogens with two attached hydrogens (primary N) is 1. The lowest BCUT2D eigenvalue weighted by Gasteiger charge is -2.17. The zero-order valence-electron chi connectivity index (χ0n) is 12.8. The van der Waals surface area contributed by atoms with Crippen molar-refractivity contribution >= 4 is 17.5 Å². The summed E-state index contributed by atoms with van der Waals surface area (Å²) in [6.45, 7) is 4.97. The summed E-state index contributed by atoms with van der Waals surface area (Å²) in [5.74, 6) is 0.125. The number of hydrogen-bond donors (Lipinski definition) is 2. The summed E-state index contributed by atoms with van der Waals surface area (Å²) in [5.41, 5.74) is 6.68. The maximum Gasteiger partial charge on any atom is 0.254 e. The number of amides is 2. The fourth-order valence-corrected chi connectivity index (χ4v) is 1.80. The molecule has 0 fully saturated rings. The second-order valence-electron chi connectivity index (χ2n) is 4.70. The number of nitrogen functional groups attached to an aromatic ring is 1. The van der Waals surface area contributed by atoms with E-state index in [2.05, 4.69) is 5.32 Å². The van der Waals surface area contributed by atoms with Crippen LogP contribution in [-0.2, 0) is 4.79 Å². The first-order valence-electron chi connectivity index (χ1n) is 7.04. The maximum atomic E-state index is 12.2. The molecule has 0 saturated heterocycles. The van der Waals surface area contributed by atoms with Gasteiger partial charge in [0.2, 0.25) is 5.91 Å². The molecule has 116 valence electrons. The highest BCUT2D eigenvalue weighted by Gasteiger charge is 2.16. The Morgan fingerprint density at radius 1 is 1.33 bits per heavy atom. The van der Waals surface area contributed by atoms with Gasteiger partial charge >= 0.3 is 0 Å². The molecule has 0 aliphatic carbocycles. The number of rotatable bonds is 7. The van der Waals surface area contributed by atoms with Crippen molar-refractivity contribution in [2.75, 3.05) is 32.5 Å². The lowest BCUT2D eigenvalue weighted by molar-refractivity contribution is -0.121. The van der Waals surface area contributed by atoms with Crippen LogP contribution < -0.4 is 15.8 Å². The maximum absolute atomic E-state index is 12.2. The molecular formula is C15H23N3O3. The summed E-state index contributed by atoms with van der Waals surface area (Å²) in [4.78, 5) is 25.2. The van der Waals surface area contributed by atoms with Gasteiger partial charge in [-0.25, -0.2) is 0 Å². The van der Waals surface area contributed by atoms with E-state index in [1.54, 1.807) is 25.2 Å². The minimum absolute atomic E-state index is 0.0198. The third kappa shape index (κ3) is 4.98.